The Balaban J connectivity index is 2.48. The Morgan fingerprint density at radius 3 is 2.50 bits per heavy atom. The van der Waals surface area contributed by atoms with Crippen molar-refractivity contribution in [3.05, 3.63) is 48.0 Å². The molecule has 22 heavy (non-hydrogen) atoms. The number of hydrogen-bond acceptors (Lipinski definition) is 4. The van der Waals surface area contributed by atoms with Crippen molar-refractivity contribution in [1.82, 2.24) is 0 Å². The van der Waals surface area contributed by atoms with Gasteiger partial charge in [-0.1, -0.05) is 18.2 Å². The van der Waals surface area contributed by atoms with Crippen molar-refractivity contribution in [2.75, 3.05) is 12.8 Å². The second-order valence-corrected chi connectivity index (χ2v) is 4.37. The number of nitrogens with two attached hydrogens (primary N) is 1. The Bertz CT molecular complexity index is 699. The first-order valence-electron chi connectivity index (χ1n) is 6.14. The van der Waals surface area contributed by atoms with Gasteiger partial charge in [0.15, 0.2) is 0 Å². The molecule has 0 spiro atoms. The molecular weight excluding hydrogens is 299 g/mol. The number of benzene rings is 2. The van der Waals surface area contributed by atoms with E-state index in [1.165, 1.54) is 37.4 Å². The van der Waals surface area contributed by atoms with E-state index in [0.717, 1.165) is 0 Å². The maximum Gasteiger partial charge on any atom is 0.573 e. The van der Waals surface area contributed by atoms with Gasteiger partial charge in [0.25, 0.3) is 0 Å². The van der Waals surface area contributed by atoms with E-state index in [9.17, 15) is 18.0 Å². The Morgan fingerprint density at radius 1 is 1.14 bits per heavy atom. The molecule has 0 radical (unpaired) electrons. The van der Waals surface area contributed by atoms with Crippen LogP contribution in [-0.4, -0.2) is 19.4 Å². The second-order valence-electron chi connectivity index (χ2n) is 4.37. The summed E-state index contributed by atoms with van der Waals surface area (Å²) in [6, 6.07) is 9.79. The van der Waals surface area contributed by atoms with Gasteiger partial charge in [-0.25, -0.2) is 4.79 Å². The molecular formula is C15H12F3NO3. The third kappa shape index (κ3) is 3.69. The van der Waals surface area contributed by atoms with Crippen LogP contribution in [0.25, 0.3) is 11.1 Å². The zero-order chi connectivity index (χ0) is 16.3. The second kappa shape index (κ2) is 5.97. The molecule has 0 aliphatic heterocycles. The molecule has 7 heteroatoms. The number of nitrogen functional groups attached to an aromatic ring is 1. The normalized spacial score (nSPS) is 11.1. The van der Waals surface area contributed by atoms with Gasteiger partial charge < -0.3 is 15.2 Å². The van der Waals surface area contributed by atoms with Crippen LogP contribution in [0.15, 0.2) is 42.5 Å². The lowest BCUT2D eigenvalue weighted by Crippen LogP contribution is -2.17. The van der Waals surface area contributed by atoms with Crippen LogP contribution >= 0.6 is 0 Å². The third-order valence-corrected chi connectivity index (χ3v) is 2.83. The molecule has 4 nitrogen and oxygen atoms in total. The SMILES string of the molecule is COC(=O)c1cc(N)ccc1-c1cccc(OC(F)(F)F)c1. The third-order valence-electron chi connectivity index (χ3n) is 2.83. The molecule has 0 saturated carbocycles. The fourth-order valence-electron chi connectivity index (χ4n) is 1.95. The number of anilines is 1. The van der Waals surface area contributed by atoms with Gasteiger partial charge >= 0.3 is 12.3 Å². The van der Waals surface area contributed by atoms with Gasteiger partial charge in [-0.15, -0.1) is 13.2 Å². The summed E-state index contributed by atoms with van der Waals surface area (Å²) in [6.45, 7) is 0. The molecule has 0 saturated heterocycles. The van der Waals surface area contributed by atoms with Crippen molar-refractivity contribution in [1.29, 1.82) is 0 Å². The topological polar surface area (TPSA) is 61.5 Å². The Labute approximate surface area is 124 Å². The lowest BCUT2D eigenvalue weighted by atomic mass is 9.99. The number of carbonyl (C=O) groups excluding carboxylic acids is 1. The lowest BCUT2D eigenvalue weighted by molar-refractivity contribution is -0.274. The van der Waals surface area contributed by atoms with Crippen LogP contribution in [-0.2, 0) is 4.74 Å². The van der Waals surface area contributed by atoms with E-state index in [1.54, 1.807) is 12.1 Å². The van der Waals surface area contributed by atoms with Gasteiger partial charge in [-0.2, -0.15) is 0 Å². The molecule has 0 amide bonds. The number of methoxy groups -OCH3 is 1. The number of alkyl halides is 3. The van der Waals surface area contributed by atoms with E-state index in [2.05, 4.69) is 9.47 Å². The molecule has 0 aliphatic rings. The van der Waals surface area contributed by atoms with Crippen molar-refractivity contribution in [3.63, 3.8) is 0 Å². The minimum absolute atomic E-state index is 0.159. The van der Waals surface area contributed by atoms with Crippen LogP contribution in [0.5, 0.6) is 5.75 Å². The van der Waals surface area contributed by atoms with E-state index < -0.39 is 12.3 Å². The highest BCUT2D eigenvalue weighted by atomic mass is 19.4. The van der Waals surface area contributed by atoms with E-state index in [0.29, 0.717) is 16.8 Å². The maximum atomic E-state index is 12.3. The number of rotatable bonds is 3. The van der Waals surface area contributed by atoms with Crippen molar-refractivity contribution >= 4 is 11.7 Å². The van der Waals surface area contributed by atoms with Gasteiger partial charge in [-0.05, 0) is 35.4 Å². The summed E-state index contributed by atoms with van der Waals surface area (Å²) in [4.78, 5) is 11.8. The minimum atomic E-state index is -4.79. The molecule has 2 rings (SSSR count). The standard InChI is InChI=1S/C15H12F3NO3/c1-21-14(20)13-8-10(19)5-6-12(13)9-3-2-4-11(7-9)22-15(16,17)18/h2-8H,19H2,1H3. The van der Waals surface area contributed by atoms with Crippen LogP contribution in [0, 0.1) is 0 Å². The molecule has 0 fully saturated rings. The van der Waals surface area contributed by atoms with Crippen molar-refractivity contribution in [2.24, 2.45) is 0 Å². The molecule has 0 unspecified atom stereocenters. The predicted octanol–water partition coefficient (Wildman–Crippen LogP) is 3.62. The van der Waals surface area contributed by atoms with Gasteiger partial charge in [0.2, 0.25) is 0 Å². The van der Waals surface area contributed by atoms with E-state index in [4.69, 9.17) is 5.73 Å². The maximum absolute atomic E-state index is 12.3. The fraction of sp³-hybridized carbons (Fsp3) is 0.133. The number of carbonyl (C=O) groups is 1. The largest absolute Gasteiger partial charge is 0.573 e. The van der Waals surface area contributed by atoms with Crippen LogP contribution in [0.4, 0.5) is 18.9 Å². The van der Waals surface area contributed by atoms with E-state index >= 15 is 0 Å². The average molecular weight is 311 g/mol. The molecule has 2 N–H and O–H groups in total. The van der Waals surface area contributed by atoms with Gasteiger partial charge in [0, 0.05) is 5.69 Å². The van der Waals surface area contributed by atoms with E-state index in [1.807, 2.05) is 0 Å². The lowest BCUT2D eigenvalue weighted by Gasteiger charge is -2.12. The van der Waals surface area contributed by atoms with Crippen LogP contribution in [0.1, 0.15) is 10.4 Å². The summed E-state index contributed by atoms with van der Waals surface area (Å²) in [7, 11) is 1.21. The smallest absolute Gasteiger partial charge is 0.465 e. The first-order chi connectivity index (χ1) is 10.3. The monoisotopic (exact) mass is 311 g/mol. The highest BCUT2D eigenvalue weighted by molar-refractivity contribution is 5.98. The number of halogens is 3. The number of hydrogen-bond donors (Lipinski definition) is 1. The first kappa shape index (κ1) is 15.7. The molecule has 0 bridgehead atoms. The van der Waals surface area contributed by atoms with Crippen molar-refractivity contribution in [2.45, 2.75) is 6.36 Å². The van der Waals surface area contributed by atoms with Crippen molar-refractivity contribution < 1.29 is 27.4 Å². The highest BCUT2D eigenvalue weighted by Crippen LogP contribution is 2.31. The van der Waals surface area contributed by atoms with E-state index in [-0.39, 0.29) is 11.3 Å². The first-order valence-corrected chi connectivity index (χ1v) is 6.14. The summed E-state index contributed by atoms with van der Waals surface area (Å²) >= 11 is 0. The molecule has 0 aromatic heterocycles. The summed E-state index contributed by atoms with van der Waals surface area (Å²) in [5.41, 5.74) is 6.90. The highest BCUT2D eigenvalue weighted by Gasteiger charge is 2.31. The van der Waals surface area contributed by atoms with Gasteiger partial charge in [0.05, 0.1) is 12.7 Å². The predicted molar refractivity (Wildman–Crippen MR) is 74.3 cm³/mol. The quantitative estimate of drug-likeness (QED) is 0.694. The molecule has 116 valence electrons. The fourth-order valence-corrected chi connectivity index (χ4v) is 1.95. The van der Waals surface area contributed by atoms with Gasteiger partial charge in [0.1, 0.15) is 5.75 Å². The molecule has 0 heterocycles. The van der Waals surface area contributed by atoms with Crippen LogP contribution in [0.2, 0.25) is 0 Å². The Morgan fingerprint density at radius 2 is 1.86 bits per heavy atom. The molecule has 0 atom stereocenters. The van der Waals surface area contributed by atoms with Crippen LogP contribution < -0.4 is 10.5 Å². The summed E-state index contributed by atoms with van der Waals surface area (Å²) in [5, 5.41) is 0. The summed E-state index contributed by atoms with van der Waals surface area (Å²) in [6.07, 6.45) is -4.79. The molecule has 2 aromatic rings. The van der Waals surface area contributed by atoms with Crippen LogP contribution in [0.3, 0.4) is 0 Å². The number of esters is 1. The van der Waals surface area contributed by atoms with Crippen molar-refractivity contribution in [3.8, 4) is 16.9 Å². The van der Waals surface area contributed by atoms with Gasteiger partial charge in [-0.3, -0.25) is 0 Å². The molecule has 2 aromatic carbocycles. The summed E-state index contributed by atoms with van der Waals surface area (Å²) in [5.74, 6) is -1.01. The number of ether oxygens (including phenoxy) is 2. The Kier molecular flexibility index (Phi) is 4.25. The minimum Gasteiger partial charge on any atom is -0.465 e. The zero-order valence-corrected chi connectivity index (χ0v) is 11.5. The summed E-state index contributed by atoms with van der Waals surface area (Å²) < 4.78 is 45.4. The zero-order valence-electron chi connectivity index (χ0n) is 11.5. The average Bonchev–Trinajstić information content (AvgIpc) is 2.44. The Hall–Kier alpha value is -2.70. The molecule has 0 aliphatic carbocycles.